The molecule has 25 heavy (non-hydrogen) atoms. The van der Waals surface area contributed by atoms with Gasteiger partial charge in [0.1, 0.15) is 0 Å². The molecular formula is C22H33BO2. The van der Waals surface area contributed by atoms with E-state index in [0.717, 1.165) is 6.42 Å². The van der Waals surface area contributed by atoms with Crippen LogP contribution in [0.4, 0.5) is 0 Å². The summed E-state index contributed by atoms with van der Waals surface area (Å²) in [5, 5.41) is 0. The summed E-state index contributed by atoms with van der Waals surface area (Å²) in [6.07, 6.45) is 7.62. The molecule has 2 aliphatic rings. The molecule has 1 aromatic carbocycles. The van der Waals surface area contributed by atoms with Crippen LogP contribution in [0.15, 0.2) is 41.4 Å². The molecule has 0 bridgehead atoms. The smallest absolute Gasteiger partial charge is 0.400 e. The van der Waals surface area contributed by atoms with Gasteiger partial charge in [-0.1, -0.05) is 55.2 Å². The van der Waals surface area contributed by atoms with Crippen LogP contribution in [0.25, 0.3) is 0 Å². The van der Waals surface area contributed by atoms with Gasteiger partial charge in [0.25, 0.3) is 0 Å². The van der Waals surface area contributed by atoms with E-state index in [9.17, 15) is 0 Å². The second-order valence-electron chi connectivity index (χ2n) is 8.79. The van der Waals surface area contributed by atoms with E-state index in [0.29, 0.717) is 5.92 Å². The van der Waals surface area contributed by atoms with Crippen LogP contribution in [0, 0.1) is 5.92 Å². The summed E-state index contributed by atoms with van der Waals surface area (Å²) in [5.41, 5.74) is 3.61. The number of allylic oxidation sites excluding steroid dienone is 2. The Bertz CT molecular complexity index is 596. The van der Waals surface area contributed by atoms with Crippen molar-refractivity contribution in [3.8, 4) is 0 Å². The third kappa shape index (κ3) is 4.04. The van der Waals surface area contributed by atoms with Gasteiger partial charge < -0.3 is 9.31 Å². The van der Waals surface area contributed by atoms with E-state index in [-0.39, 0.29) is 18.3 Å². The van der Waals surface area contributed by atoms with Crippen LogP contribution < -0.4 is 0 Å². The number of rotatable bonds is 4. The Labute approximate surface area is 154 Å². The van der Waals surface area contributed by atoms with Crippen molar-refractivity contribution in [1.29, 1.82) is 0 Å². The number of hydrogen-bond donors (Lipinski definition) is 0. The molecule has 0 spiro atoms. The first kappa shape index (κ1) is 18.7. The molecule has 1 saturated heterocycles. The van der Waals surface area contributed by atoms with Crippen LogP contribution >= 0.6 is 0 Å². The van der Waals surface area contributed by atoms with E-state index < -0.39 is 0 Å². The van der Waals surface area contributed by atoms with Gasteiger partial charge in [0.15, 0.2) is 0 Å². The standard InChI is InChI=1S/C22H33BO2/c1-17(19-14-10-7-11-15-19)20(16-18-12-8-6-9-13-18)23-24-21(2,3)22(4,5)25-23/h6,8-9,12-13,19H,7,10-11,14-16H2,1-5H3/b20-17-. The van der Waals surface area contributed by atoms with Crippen molar-refractivity contribution in [1.82, 2.24) is 0 Å². The van der Waals surface area contributed by atoms with Gasteiger partial charge in [0.05, 0.1) is 11.2 Å². The van der Waals surface area contributed by atoms with Gasteiger partial charge in [0, 0.05) is 0 Å². The molecule has 0 aromatic heterocycles. The van der Waals surface area contributed by atoms with E-state index in [4.69, 9.17) is 9.31 Å². The Hall–Kier alpha value is -1.06. The highest BCUT2D eigenvalue weighted by atomic mass is 16.7. The Balaban J connectivity index is 1.92. The lowest BCUT2D eigenvalue weighted by Gasteiger charge is -2.32. The largest absolute Gasteiger partial charge is 0.490 e. The zero-order chi connectivity index (χ0) is 18.1. The topological polar surface area (TPSA) is 18.5 Å². The first-order valence-electron chi connectivity index (χ1n) is 9.89. The van der Waals surface area contributed by atoms with Crippen molar-refractivity contribution in [2.75, 3.05) is 0 Å². The third-order valence-electron chi connectivity index (χ3n) is 6.50. The van der Waals surface area contributed by atoms with Gasteiger partial charge in [-0.05, 0) is 70.8 Å². The molecule has 0 unspecified atom stereocenters. The zero-order valence-electron chi connectivity index (χ0n) is 16.6. The van der Waals surface area contributed by atoms with Crippen LogP contribution in [-0.2, 0) is 15.7 Å². The Kier molecular flexibility index (Phi) is 5.46. The van der Waals surface area contributed by atoms with Crippen molar-refractivity contribution < 1.29 is 9.31 Å². The molecule has 136 valence electrons. The minimum atomic E-state index is -0.285. The molecule has 0 radical (unpaired) electrons. The summed E-state index contributed by atoms with van der Waals surface area (Å²) in [6, 6.07) is 10.7. The van der Waals surface area contributed by atoms with Crippen LogP contribution in [0.2, 0.25) is 0 Å². The van der Waals surface area contributed by atoms with Crippen molar-refractivity contribution in [3.05, 3.63) is 46.9 Å². The lowest BCUT2D eigenvalue weighted by Crippen LogP contribution is -2.41. The van der Waals surface area contributed by atoms with E-state index in [1.54, 1.807) is 0 Å². The predicted molar refractivity (Wildman–Crippen MR) is 106 cm³/mol. The number of hydrogen-bond acceptors (Lipinski definition) is 2. The lowest BCUT2D eigenvalue weighted by atomic mass is 9.68. The summed E-state index contributed by atoms with van der Waals surface area (Å²) in [7, 11) is -0.230. The summed E-state index contributed by atoms with van der Waals surface area (Å²) >= 11 is 0. The van der Waals surface area contributed by atoms with Crippen LogP contribution in [0.3, 0.4) is 0 Å². The Morgan fingerprint density at radius 2 is 1.52 bits per heavy atom. The first-order valence-corrected chi connectivity index (χ1v) is 9.89. The zero-order valence-corrected chi connectivity index (χ0v) is 16.6. The van der Waals surface area contributed by atoms with Gasteiger partial charge >= 0.3 is 7.12 Å². The summed E-state index contributed by atoms with van der Waals surface area (Å²) in [5.74, 6) is 0.687. The highest BCUT2D eigenvalue weighted by Gasteiger charge is 2.52. The normalized spacial score (nSPS) is 24.3. The van der Waals surface area contributed by atoms with Gasteiger partial charge in [-0.15, -0.1) is 0 Å². The van der Waals surface area contributed by atoms with Crippen molar-refractivity contribution in [3.63, 3.8) is 0 Å². The summed E-state index contributed by atoms with van der Waals surface area (Å²) < 4.78 is 12.9. The number of benzene rings is 1. The van der Waals surface area contributed by atoms with Crippen LogP contribution in [-0.4, -0.2) is 18.3 Å². The minimum absolute atomic E-state index is 0.230. The molecule has 3 rings (SSSR count). The SMILES string of the molecule is C/C(=C(\Cc1ccccc1)B1OC(C)(C)C(C)(C)O1)C1CCCCC1. The maximum Gasteiger partial charge on any atom is 0.490 e. The molecule has 1 aliphatic carbocycles. The van der Waals surface area contributed by atoms with Gasteiger partial charge in [0.2, 0.25) is 0 Å². The molecule has 0 N–H and O–H groups in total. The Morgan fingerprint density at radius 3 is 2.08 bits per heavy atom. The van der Waals surface area contributed by atoms with E-state index in [1.165, 1.54) is 48.7 Å². The fourth-order valence-electron chi connectivity index (χ4n) is 4.01. The second kappa shape index (κ2) is 7.29. The molecule has 1 aliphatic heterocycles. The summed E-state index contributed by atoms with van der Waals surface area (Å²) in [6.45, 7) is 10.9. The minimum Gasteiger partial charge on any atom is -0.400 e. The van der Waals surface area contributed by atoms with Gasteiger partial charge in [-0.25, -0.2) is 0 Å². The van der Waals surface area contributed by atoms with Crippen molar-refractivity contribution >= 4 is 7.12 Å². The van der Waals surface area contributed by atoms with E-state index in [2.05, 4.69) is 65.0 Å². The van der Waals surface area contributed by atoms with E-state index >= 15 is 0 Å². The van der Waals surface area contributed by atoms with Crippen molar-refractivity contribution in [2.24, 2.45) is 5.92 Å². The molecule has 1 saturated carbocycles. The van der Waals surface area contributed by atoms with Crippen LogP contribution in [0.5, 0.6) is 0 Å². The fourth-order valence-corrected chi connectivity index (χ4v) is 4.01. The average Bonchev–Trinajstić information content (AvgIpc) is 2.81. The van der Waals surface area contributed by atoms with Gasteiger partial charge in [-0.2, -0.15) is 0 Å². The Morgan fingerprint density at radius 1 is 0.960 bits per heavy atom. The average molecular weight is 340 g/mol. The lowest BCUT2D eigenvalue weighted by molar-refractivity contribution is 0.00578. The maximum absolute atomic E-state index is 6.43. The summed E-state index contributed by atoms with van der Waals surface area (Å²) in [4.78, 5) is 0. The highest BCUT2D eigenvalue weighted by molar-refractivity contribution is 6.55. The molecule has 1 heterocycles. The third-order valence-corrected chi connectivity index (χ3v) is 6.50. The molecule has 2 nitrogen and oxygen atoms in total. The molecule has 1 aromatic rings. The van der Waals surface area contributed by atoms with E-state index in [1.807, 2.05) is 0 Å². The molecule has 2 fully saturated rings. The molecule has 0 atom stereocenters. The first-order chi connectivity index (χ1) is 11.8. The van der Waals surface area contributed by atoms with Crippen molar-refractivity contribution in [2.45, 2.75) is 84.3 Å². The second-order valence-corrected chi connectivity index (χ2v) is 8.79. The molecule has 0 amide bonds. The predicted octanol–water partition coefficient (Wildman–Crippen LogP) is 5.76. The van der Waals surface area contributed by atoms with Gasteiger partial charge in [-0.3, -0.25) is 0 Å². The fraction of sp³-hybridized carbons (Fsp3) is 0.636. The maximum atomic E-state index is 6.43. The molecular weight excluding hydrogens is 307 g/mol. The van der Waals surface area contributed by atoms with Crippen LogP contribution in [0.1, 0.15) is 72.3 Å². The molecule has 3 heteroatoms. The monoisotopic (exact) mass is 340 g/mol. The highest BCUT2D eigenvalue weighted by Crippen LogP contribution is 2.41. The quantitative estimate of drug-likeness (QED) is 0.649.